The second-order valence-electron chi connectivity index (χ2n) is 8.87. The lowest BCUT2D eigenvalue weighted by atomic mass is 9.88. The summed E-state index contributed by atoms with van der Waals surface area (Å²) in [5, 5.41) is 20.0. The van der Waals surface area contributed by atoms with Crippen LogP contribution in [0, 0.1) is 23.5 Å². The van der Waals surface area contributed by atoms with Crippen molar-refractivity contribution in [2.45, 2.75) is 49.7 Å². The van der Waals surface area contributed by atoms with Crippen molar-refractivity contribution in [2.24, 2.45) is 11.8 Å². The van der Waals surface area contributed by atoms with Gasteiger partial charge in [-0.15, -0.1) is 0 Å². The number of rotatable bonds is 8. The monoisotopic (exact) mass is 480 g/mol. The van der Waals surface area contributed by atoms with Crippen LogP contribution in [0.15, 0.2) is 48.5 Å². The molecule has 2 aromatic carbocycles. The summed E-state index contributed by atoms with van der Waals surface area (Å²) in [5.74, 6) is -0.0702. The van der Waals surface area contributed by atoms with E-state index in [0.717, 1.165) is 36.8 Å². The molecule has 0 amide bonds. The molecule has 0 spiro atoms. The Kier molecular flexibility index (Phi) is 10.4. The fraction of sp³-hybridized carbons (Fsp3) is 0.538. The van der Waals surface area contributed by atoms with Gasteiger partial charge < -0.3 is 10.2 Å². The zero-order chi connectivity index (χ0) is 24.5. The first-order valence-electron chi connectivity index (χ1n) is 11.6. The first kappa shape index (κ1) is 26.7. The Hall–Kier alpha value is -1.94. The van der Waals surface area contributed by atoms with Gasteiger partial charge in [0.05, 0.1) is 39.6 Å². The van der Waals surface area contributed by atoms with Crippen molar-refractivity contribution in [3.8, 4) is 0 Å². The molecule has 8 heteroatoms. The zero-order valence-electron chi connectivity index (χ0n) is 19.6. The third-order valence-electron chi connectivity index (χ3n) is 6.82. The smallest absolute Gasteiger partial charge is 0.123 e. The quantitative estimate of drug-likeness (QED) is 0.428. The third kappa shape index (κ3) is 7.04. The van der Waals surface area contributed by atoms with E-state index in [4.69, 9.17) is 9.78 Å². The van der Waals surface area contributed by atoms with Crippen LogP contribution in [-0.2, 0) is 19.6 Å². The molecule has 0 aliphatic heterocycles. The number of halogens is 2. The van der Waals surface area contributed by atoms with Gasteiger partial charge in [0.1, 0.15) is 11.6 Å². The van der Waals surface area contributed by atoms with Crippen LogP contribution >= 0.6 is 0 Å². The molecule has 2 aliphatic carbocycles. The summed E-state index contributed by atoms with van der Waals surface area (Å²) in [6.45, 7) is 0.908. The van der Waals surface area contributed by atoms with Crippen molar-refractivity contribution in [2.75, 3.05) is 27.4 Å². The minimum atomic E-state index is -0.383. The predicted molar refractivity (Wildman–Crippen MR) is 122 cm³/mol. The SMILES string of the molecule is COOCC1CCC(O)C1c1ccc(F)cc1.COOCC1CCC(O)[C@H]1c1ccc(F)cc1. The van der Waals surface area contributed by atoms with E-state index in [2.05, 4.69) is 9.78 Å². The number of aliphatic hydroxyl groups is 2. The number of aliphatic hydroxyl groups excluding tert-OH is 2. The van der Waals surface area contributed by atoms with E-state index < -0.39 is 0 Å². The molecule has 0 bridgehead atoms. The van der Waals surface area contributed by atoms with Gasteiger partial charge in [-0.3, -0.25) is 0 Å². The molecule has 2 fully saturated rings. The molecule has 0 aromatic heterocycles. The van der Waals surface area contributed by atoms with Gasteiger partial charge in [-0.25, -0.2) is 28.3 Å². The molecule has 34 heavy (non-hydrogen) atoms. The standard InChI is InChI=1S/2C13H17FO3/c2*1-16-17-8-10-4-7-12(15)13(10)9-2-5-11(14)6-3-9/h2*2-3,5-6,10,12-13,15H,4,7-8H2,1H3/t10?,12?,13-;/m0./s1. The van der Waals surface area contributed by atoms with Crippen LogP contribution in [0.5, 0.6) is 0 Å². The minimum absolute atomic E-state index is 0.00532. The summed E-state index contributed by atoms with van der Waals surface area (Å²) < 4.78 is 25.7. The summed E-state index contributed by atoms with van der Waals surface area (Å²) >= 11 is 0. The van der Waals surface area contributed by atoms with Gasteiger partial charge in [0, 0.05) is 11.8 Å². The van der Waals surface area contributed by atoms with Crippen LogP contribution in [0.2, 0.25) is 0 Å². The van der Waals surface area contributed by atoms with Crippen molar-refractivity contribution in [3.63, 3.8) is 0 Å². The highest BCUT2D eigenvalue weighted by molar-refractivity contribution is 5.25. The summed E-state index contributed by atoms with van der Waals surface area (Å²) in [4.78, 5) is 19.1. The number of hydrogen-bond donors (Lipinski definition) is 2. The fourth-order valence-corrected chi connectivity index (χ4v) is 5.16. The molecule has 0 radical (unpaired) electrons. The predicted octanol–water partition coefficient (Wildman–Crippen LogP) is 4.52. The zero-order valence-corrected chi connectivity index (χ0v) is 19.6. The second kappa shape index (κ2) is 13.2. The molecular formula is C26H34F2O6. The topological polar surface area (TPSA) is 77.4 Å². The van der Waals surface area contributed by atoms with Crippen molar-refractivity contribution < 1.29 is 38.5 Å². The van der Waals surface area contributed by atoms with Gasteiger partial charge in [0.25, 0.3) is 0 Å². The van der Waals surface area contributed by atoms with Gasteiger partial charge in [-0.2, -0.15) is 0 Å². The van der Waals surface area contributed by atoms with Crippen molar-refractivity contribution in [3.05, 3.63) is 71.3 Å². The molecule has 0 saturated heterocycles. The maximum atomic E-state index is 12.9. The molecule has 5 unspecified atom stereocenters. The minimum Gasteiger partial charge on any atom is -0.392 e. The largest absolute Gasteiger partial charge is 0.392 e. The normalized spacial score (nSPS) is 28.5. The fourth-order valence-electron chi connectivity index (χ4n) is 5.16. The number of benzene rings is 2. The molecule has 2 N–H and O–H groups in total. The van der Waals surface area contributed by atoms with Crippen LogP contribution in [0.25, 0.3) is 0 Å². The van der Waals surface area contributed by atoms with Crippen molar-refractivity contribution in [1.29, 1.82) is 0 Å². The lowest BCUT2D eigenvalue weighted by Crippen LogP contribution is -2.20. The van der Waals surface area contributed by atoms with Crippen LogP contribution in [0.3, 0.4) is 0 Å². The van der Waals surface area contributed by atoms with E-state index >= 15 is 0 Å². The lowest BCUT2D eigenvalue weighted by molar-refractivity contribution is -0.280. The summed E-state index contributed by atoms with van der Waals surface area (Å²) in [7, 11) is 2.94. The van der Waals surface area contributed by atoms with Gasteiger partial charge in [-0.05, 0) is 72.9 Å². The third-order valence-corrected chi connectivity index (χ3v) is 6.82. The lowest BCUT2D eigenvalue weighted by Gasteiger charge is -2.21. The van der Waals surface area contributed by atoms with Crippen LogP contribution in [-0.4, -0.2) is 49.9 Å². The Balaban J connectivity index is 0.000000191. The van der Waals surface area contributed by atoms with E-state index in [1.54, 1.807) is 24.3 Å². The highest BCUT2D eigenvalue weighted by atomic mass is 19.1. The van der Waals surface area contributed by atoms with Gasteiger partial charge in [0.2, 0.25) is 0 Å². The molecule has 4 rings (SSSR count). The number of hydrogen-bond acceptors (Lipinski definition) is 6. The average Bonchev–Trinajstić information content (AvgIpc) is 3.39. The molecular weight excluding hydrogens is 446 g/mol. The van der Waals surface area contributed by atoms with Crippen molar-refractivity contribution >= 4 is 0 Å². The van der Waals surface area contributed by atoms with Gasteiger partial charge >= 0.3 is 0 Å². The Morgan fingerprint density at radius 3 is 1.32 bits per heavy atom. The van der Waals surface area contributed by atoms with Gasteiger partial charge in [-0.1, -0.05) is 24.3 Å². The Morgan fingerprint density at radius 2 is 1.00 bits per heavy atom. The summed E-state index contributed by atoms with van der Waals surface area (Å²) in [5.41, 5.74) is 1.92. The summed E-state index contributed by atoms with van der Waals surface area (Å²) in [6.07, 6.45) is 2.52. The molecule has 0 heterocycles. The average molecular weight is 481 g/mol. The molecule has 188 valence electrons. The molecule has 6 atom stereocenters. The van der Waals surface area contributed by atoms with E-state index in [1.165, 1.54) is 38.5 Å². The Labute approximate surface area is 199 Å². The summed E-state index contributed by atoms with van der Waals surface area (Å²) in [6, 6.07) is 12.6. The van der Waals surface area contributed by atoms with Crippen molar-refractivity contribution in [1.82, 2.24) is 0 Å². The first-order valence-corrected chi connectivity index (χ1v) is 11.6. The maximum absolute atomic E-state index is 12.9. The van der Waals surface area contributed by atoms with E-state index in [0.29, 0.717) is 13.2 Å². The highest BCUT2D eigenvalue weighted by Crippen LogP contribution is 2.41. The molecule has 6 nitrogen and oxygen atoms in total. The molecule has 2 aliphatic rings. The molecule has 2 saturated carbocycles. The van der Waals surface area contributed by atoms with E-state index in [9.17, 15) is 19.0 Å². The van der Waals surface area contributed by atoms with Gasteiger partial charge in [0.15, 0.2) is 0 Å². The Morgan fingerprint density at radius 1 is 0.647 bits per heavy atom. The Bertz CT molecular complexity index is 776. The van der Waals surface area contributed by atoms with Crippen LogP contribution in [0.1, 0.15) is 48.6 Å². The molecule has 2 aromatic rings. The maximum Gasteiger partial charge on any atom is 0.123 e. The highest BCUT2D eigenvalue weighted by Gasteiger charge is 2.37. The first-order chi connectivity index (χ1) is 16.4. The van der Waals surface area contributed by atoms with E-state index in [-0.39, 0.29) is 47.5 Å². The van der Waals surface area contributed by atoms with Crippen LogP contribution in [0.4, 0.5) is 8.78 Å². The van der Waals surface area contributed by atoms with Crippen LogP contribution < -0.4 is 0 Å². The second-order valence-corrected chi connectivity index (χ2v) is 8.87. The van der Waals surface area contributed by atoms with E-state index in [1.807, 2.05) is 0 Å².